The molecule has 0 saturated heterocycles. The highest BCUT2D eigenvalue weighted by Crippen LogP contribution is 2.19. The van der Waals surface area contributed by atoms with Crippen LogP contribution in [0.4, 0.5) is 8.78 Å². The lowest BCUT2D eigenvalue weighted by Gasteiger charge is -2.20. The molecule has 1 atom stereocenters. The van der Waals surface area contributed by atoms with Crippen LogP contribution in [0.5, 0.6) is 0 Å². The Balaban J connectivity index is 2.61. The minimum Gasteiger partial charge on any atom is -0.481 e. The van der Waals surface area contributed by atoms with Crippen molar-refractivity contribution in [3.63, 3.8) is 0 Å². The van der Waals surface area contributed by atoms with E-state index in [4.69, 9.17) is 5.11 Å². The standard InChI is InChI=1S/C12H15F2NO3/c1-15(5-4-12(17)18)7-11(16)9-6-8(13)2-3-10(9)14/h2-3,6,11,16H,4-5,7H2,1H3,(H,17,18). The Hall–Kier alpha value is -1.53. The van der Waals surface area contributed by atoms with Crippen molar-refractivity contribution in [2.45, 2.75) is 12.5 Å². The smallest absolute Gasteiger partial charge is 0.304 e. The van der Waals surface area contributed by atoms with Crippen LogP contribution in [0.2, 0.25) is 0 Å². The number of likely N-dealkylation sites (N-methyl/N-ethyl adjacent to an activating group) is 1. The van der Waals surface area contributed by atoms with Gasteiger partial charge in [-0.15, -0.1) is 0 Å². The number of rotatable bonds is 6. The maximum atomic E-state index is 13.3. The van der Waals surface area contributed by atoms with Crippen molar-refractivity contribution in [2.24, 2.45) is 0 Å². The zero-order valence-corrected chi connectivity index (χ0v) is 9.94. The fourth-order valence-corrected chi connectivity index (χ4v) is 1.54. The number of hydrogen-bond acceptors (Lipinski definition) is 3. The molecule has 1 rings (SSSR count). The lowest BCUT2D eigenvalue weighted by atomic mass is 10.1. The third kappa shape index (κ3) is 4.38. The van der Waals surface area contributed by atoms with Crippen molar-refractivity contribution in [1.29, 1.82) is 0 Å². The molecule has 6 heteroatoms. The van der Waals surface area contributed by atoms with Crippen molar-refractivity contribution in [2.75, 3.05) is 20.1 Å². The van der Waals surface area contributed by atoms with E-state index in [9.17, 15) is 18.7 Å². The van der Waals surface area contributed by atoms with Crippen molar-refractivity contribution in [3.05, 3.63) is 35.4 Å². The molecule has 100 valence electrons. The van der Waals surface area contributed by atoms with E-state index >= 15 is 0 Å². The molecule has 0 heterocycles. The fourth-order valence-electron chi connectivity index (χ4n) is 1.54. The van der Waals surface area contributed by atoms with E-state index in [1.807, 2.05) is 0 Å². The van der Waals surface area contributed by atoms with Gasteiger partial charge in [0.05, 0.1) is 12.5 Å². The number of benzene rings is 1. The molecule has 1 aromatic carbocycles. The third-order valence-electron chi connectivity index (χ3n) is 2.51. The second-order valence-electron chi connectivity index (χ2n) is 4.09. The van der Waals surface area contributed by atoms with Gasteiger partial charge in [-0.2, -0.15) is 0 Å². The summed E-state index contributed by atoms with van der Waals surface area (Å²) in [6.07, 6.45) is -1.27. The largest absolute Gasteiger partial charge is 0.481 e. The molecule has 0 amide bonds. The molecule has 0 fully saturated rings. The molecule has 4 nitrogen and oxygen atoms in total. The molecule has 0 aromatic heterocycles. The zero-order chi connectivity index (χ0) is 13.7. The number of carbonyl (C=O) groups is 1. The van der Waals surface area contributed by atoms with Crippen LogP contribution < -0.4 is 0 Å². The average Bonchev–Trinajstić information content (AvgIpc) is 2.29. The second kappa shape index (κ2) is 6.42. The number of nitrogens with zero attached hydrogens (tertiary/aromatic N) is 1. The number of carboxylic acids is 1. The average molecular weight is 259 g/mol. The van der Waals surface area contributed by atoms with Crippen LogP contribution in [0, 0.1) is 11.6 Å². The first-order valence-corrected chi connectivity index (χ1v) is 5.43. The Morgan fingerprint density at radius 3 is 2.72 bits per heavy atom. The van der Waals surface area contributed by atoms with Crippen LogP contribution in [0.15, 0.2) is 18.2 Å². The van der Waals surface area contributed by atoms with Gasteiger partial charge < -0.3 is 15.1 Å². The predicted octanol–water partition coefficient (Wildman–Crippen LogP) is 1.40. The maximum absolute atomic E-state index is 13.3. The molecule has 0 spiro atoms. The van der Waals surface area contributed by atoms with Gasteiger partial charge in [0.1, 0.15) is 11.6 Å². The molecular formula is C12H15F2NO3. The molecule has 0 radical (unpaired) electrons. The number of aliphatic hydroxyl groups excluding tert-OH is 1. The van der Waals surface area contributed by atoms with E-state index in [0.717, 1.165) is 18.2 Å². The van der Waals surface area contributed by atoms with Crippen molar-refractivity contribution in [1.82, 2.24) is 4.90 Å². The second-order valence-corrected chi connectivity index (χ2v) is 4.09. The van der Waals surface area contributed by atoms with E-state index in [1.54, 1.807) is 11.9 Å². The molecule has 1 unspecified atom stereocenters. The van der Waals surface area contributed by atoms with Crippen molar-refractivity contribution >= 4 is 5.97 Å². The summed E-state index contributed by atoms with van der Waals surface area (Å²) in [5, 5.41) is 18.3. The van der Waals surface area contributed by atoms with E-state index in [-0.39, 0.29) is 25.1 Å². The first-order valence-electron chi connectivity index (χ1n) is 5.43. The number of aliphatic carboxylic acids is 1. The summed E-state index contributed by atoms with van der Waals surface area (Å²) in [5.41, 5.74) is -0.128. The zero-order valence-electron chi connectivity index (χ0n) is 9.94. The quantitative estimate of drug-likeness (QED) is 0.810. The molecule has 0 aliphatic heterocycles. The molecule has 1 aromatic rings. The molecule has 18 heavy (non-hydrogen) atoms. The maximum Gasteiger partial charge on any atom is 0.304 e. The topological polar surface area (TPSA) is 60.8 Å². The Morgan fingerprint density at radius 2 is 2.11 bits per heavy atom. The van der Waals surface area contributed by atoms with Gasteiger partial charge >= 0.3 is 5.97 Å². The third-order valence-corrected chi connectivity index (χ3v) is 2.51. The first-order chi connectivity index (χ1) is 8.40. The van der Waals surface area contributed by atoms with Crippen molar-refractivity contribution in [3.8, 4) is 0 Å². The summed E-state index contributed by atoms with van der Waals surface area (Å²) in [4.78, 5) is 11.9. The van der Waals surface area contributed by atoms with Crippen LogP contribution in [0.25, 0.3) is 0 Å². The highest BCUT2D eigenvalue weighted by molar-refractivity contribution is 5.66. The first kappa shape index (κ1) is 14.5. The highest BCUT2D eigenvalue weighted by atomic mass is 19.1. The van der Waals surface area contributed by atoms with E-state index in [1.165, 1.54) is 0 Å². The Morgan fingerprint density at radius 1 is 1.44 bits per heavy atom. The Kier molecular flexibility index (Phi) is 5.18. The molecular weight excluding hydrogens is 244 g/mol. The van der Waals surface area contributed by atoms with Crippen LogP contribution in [-0.4, -0.2) is 41.2 Å². The molecule has 2 N–H and O–H groups in total. The molecule has 0 aliphatic rings. The van der Waals surface area contributed by atoms with Gasteiger partial charge in [0, 0.05) is 18.7 Å². The van der Waals surface area contributed by atoms with Crippen LogP contribution in [0.3, 0.4) is 0 Å². The summed E-state index contributed by atoms with van der Waals surface area (Å²) in [7, 11) is 1.60. The fraction of sp³-hybridized carbons (Fsp3) is 0.417. The van der Waals surface area contributed by atoms with Gasteiger partial charge in [0.15, 0.2) is 0 Å². The van der Waals surface area contributed by atoms with Gasteiger partial charge in [0.2, 0.25) is 0 Å². The van der Waals surface area contributed by atoms with Crippen LogP contribution in [0.1, 0.15) is 18.1 Å². The van der Waals surface area contributed by atoms with E-state index < -0.39 is 23.7 Å². The SMILES string of the molecule is CN(CCC(=O)O)CC(O)c1cc(F)ccc1F. The Labute approximate surface area is 103 Å². The summed E-state index contributed by atoms with van der Waals surface area (Å²) in [5.74, 6) is -2.26. The molecule has 0 saturated carbocycles. The minimum atomic E-state index is -1.19. The van der Waals surface area contributed by atoms with Crippen LogP contribution >= 0.6 is 0 Å². The minimum absolute atomic E-state index is 0.0354. The van der Waals surface area contributed by atoms with Crippen molar-refractivity contribution < 1.29 is 23.8 Å². The van der Waals surface area contributed by atoms with Gasteiger partial charge in [-0.1, -0.05) is 0 Å². The predicted molar refractivity (Wildman–Crippen MR) is 61.1 cm³/mol. The lowest BCUT2D eigenvalue weighted by molar-refractivity contribution is -0.137. The lowest BCUT2D eigenvalue weighted by Crippen LogP contribution is -2.27. The number of carboxylic acid groups (broad SMARTS) is 1. The van der Waals surface area contributed by atoms with E-state index in [2.05, 4.69) is 0 Å². The van der Waals surface area contributed by atoms with Gasteiger partial charge in [-0.25, -0.2) is 8.78 Å². The highest BCUT2D eigenvalue weighted by Gasteiger charge is 2.16. The van der Waals surface area contributed by atoms with E-state index in [0.29, 0.717) is 0 Å². The summed E-state index contributed by atoms with van der Waals surface area (Å²) >= 11 is 0. The normalized spacial score (nSPS) is 12.7. The summed E-state index contributed by atoms with van der Waals surface area (Å²) in [6.45, 7) is 0.261. The van der Waals surface area contributed by atoms with Gasteiger partial charge in [-0.05, 0) is 25.2 Å². The molecule has 0 bridgehead atoms. The summed E-state index contributed by atoms with van der Waals surface area (Å²) in [6, 6.07) is 2.86. The number of halogens is 2. The number of aliphatic hydroxyl groups is 1. The van der Waals surface area contributed by atoms with Gasteiger partial charge in [0.25, 0.3) is 0 Å². The van der Waals surface area contributed by atoms with Gasteiger partial charge in [-0.3, -0.25) is 4.79 Å². The Bertz CT molecular complexity index is 426. The molecule has 0 aliphatic carbocycles. The monoisotopic (exact) mass is 259 g/mol. The summed E-state index contributed by atoms with van der Waals surface area (Å²) < 4.78 is 26.3. The number of hydrogen-bond donors (Lipinski definition) is 2. The van der Waals surface area contributed by atoms with Crippen LogP contribution in [-0.2, 0) is 4.79 Å².